The smallest absolute Gasteiger partial charge is 0.268 e. The highest BCUT2D eigenvalue weighted by molar-refractivity contribution is 7.83. The summed E-state index contributed by atoms with van der Waals surface area (Å²) in [6.45, 7) is 0. The van der Waals surface area contributed by atoms with Gasteiger partial charge >= 0.3 is 11.3 Å². The van der Waals surface area contributed by atoms with Crippen LogP contribution >= 0.6 is 46.4 Å². The second kappa shape index (κ2) is 6.26. The number of halogens is 4. The van der Waals surface area contributed by atoms with E-state index in [0.29, 0.717) is 31.3 Å². The fourth-order valence-electron chi connectivity index (χ4n) is 1.91. The number of anilines is 1. The van der Waals surface area contributed by atoms with Gasteiger partial charge in [0.25, 0.3) is 0 Å². The Hall–Kier alpha value is -0.980. The Bertz CT molecular complexity index is 792. The Morgan fingerprint density at radius 2 is 1.68 bits per heavy atom. The van der Waals surface area contributed by atoms with Crippen LogP contribution in [-0.2, 0) is 15.6 Å². The summed E-state index contributed by atoms with van der Waals surface area (Å²) in [4.78, 5) is 0. The molecule has 0 aliphatic carbocycles. The van der Waals surface area contributed by atoms with E-state index >= 15 is 0 Å². The van der Waals surface area contributed by atoms with Crippen molar-refractivity contribution in [1.82, 2.24) is 0 Å². The van der Waals surface area contributed by atoms with Crippen LogP contribution in [0.1, 0.15) is 5.56 Å². The van der Waals surface area contributed by atoms with E-state index in [4.69, 9.17) is 50.7 Å². The lowest BCUT2D eigenvalue weighted by molar-refractivity contribution is 0.386. The number of nitrogens with zero attached hydrogens (tertiary/aromatic N) is 2. The lowest BCUT2D eigenvalue weighted by Crippen LogP contribution is -2.29. The first-order valence-electron chi connectivity index (χ1n) is 5.86. The molecule has 0 bridgehead atoms. The molecular formula is C13H6Cl4N2O2S. The normalized spacial score (nSPS) is 17.4. The third kappa shape index (κ3) is 2.79. The molecule has 1 unspecified atom stereocenters. The Morgan fingerprint density at radius 3 is 2.32 bits per heavy atom. The maximum atomic E-state index is 12.1. The monoisotopic (exact) mass is 394 g/mol. The Labute approximate surface area is 149 Å². The Balaban J connectivity index is 2.14. The topological polar surface area (TPSA) is 41.9 Å². The van der Waals surface area contributed by atoms with Crippen molar-refractivity contribution in [3.8, 4) is 0 Å². The van der Waals surface area contributed by atoms with Gasteiger partial charge in [-0.15, -0.1) is 0 Å². The van der Waals surface area contributed by atoms with Crippen molar-refractivity contribution < 1.29 is 8.49 Å². The summed E-state index contributed by atoms with van der Waals surface area (Å²) < 4.78 is 18.3. The summed E-state index contributed by atoms with van der Waals surface area (Å²) in [5, 5.41) is 5.26. The molecule has 0 aromatic heterocycles. The van der Waals surface area contributed by atoms with Gasteiger partial charge in [0.15, 0.2) is 5.84 Å². The molecule has 1 aliphatic rings. The third-order valence-corrected chi connectivity index (χ3v) is 4.88. The highest BCUT2D eigenvalue weighted by atomic mass is 35.5. The van der Waals surface area contributed by atoms with Gasteiger partial charge in [-0.1, -0.05) is 52.5 Å². The fourth-order valence-corrected chi connectivity index (χ4v) is 3.80. The van der Waals surface area contributed by atoms with Crippen LogP contribution in [0.25, 0.3) is 0 Å². The largest absolute Gasteiger partial charge is 0.346 e. The summed E-state index contributed by atoms with van der Waals surface area (Å²) in [6, 6.07) is 9.74. The highest BCUT2D eigenvalue weighted by Crippen LogP contribution is 2.36. The molecular weight excluding hydrogens is 390 g/mol. The van der Waals surface area contributed by atoms with Gasteiger partial charge in [-0.25, -0.2) is 4.31 Å². The van der Waals surface area contributed by atoms with Crippen molar-refractivity contribution in [2.24, 2.45) is 5.16 Å². The highest BCUT2D eigenvalue weighted by Gasteiger charge is 2.34. The molecule has 0 N–H and O–H groups in total. The number of benzene rings is 2. The van der Waals surface area contributed by atoms with Crippen molar-refractivity contribution in [2.75, 3.05) is 4.31 Å². The third-order valence-electron chi connectivity index (χ3n) is 2.84. The summed E-state index contributed by atoms with van der Waals surface area (Å²) in [5.74, 6) is 0.207. The van der Waals surface area contributed by atoms with Crippen molar-refractivity contribution in [1.29, 1.82) is 0 Å². The van der Waals surface area contributed by atoms with Gasteiger partial charge < -0.3 is 0 Å². The van der Waals surface area contributed by atoms with Crippen LogP contribution in [0.2, 0.25) is 20.1 Å². The molecule has 9 heteroatoms. The van der Waals surface area contributed by atoms with E-state index in [-0.39, 0.29) is 5.84 Å². The minimum Gasteiger partial charge on any atom is -0.268 e. The zero-order chi connectivity index (χ0) is 15.9. The number of amidine groups is 1. The molecule has 0 saturated carbocycles. The minimum atomic E-state index is -1.89. The number of rotatable bonds is 2. The first-order valence-corrected chi connectivity index (χ1v) is 8.40. The van der Waals surface area contributed by atoms with Crippen LogP contribution in [0, 0.1) is 0 Å². The molecule has 0 fully saturated rings. The SMILES string of the molecule is O=S1ON=C(c2c(Cl)cccc2Cl)N1c1ccc(Cl)cc1Cl. The predicted octanol–water partition coefficient (Wildman–Crippen LogP) is 5.08. The van der Waals surface area contributed by atoms with Gasteiger partial charge in [0.05, 0.1) is 26.3 Å². The zero-order valence-corrected chi connectivity index (χ0v) is 14.4. The molecule has 2 aromatic carbocycles. The van der Waals surface area contributed by atoms with Gasteiger partial charge in [-0.05, 0) is 35.5 Å². The van der Waals surface area contributed by atoms with Gasteiger partial charge in [0.2, 0.25) is 0 Å². The first-order chi connectivity index (χ1) is 10.5. The Morgan fingerprint density at radius 1 is 1.00 bits per heavy atom. The molecule has 22 heavy (non-hydrogen) atoms. The van der Waals surface area contributed by atoms with E-state index in [1.54, 1.807) is 30.3 Å². The van der Waals surface area contributed by atoms with Crippen molar-refractivity contribution in [3.63, 3.8) is 0 Å². The predicted molar refractivity (Wildman–Crippen MR) is 91.2 cm³/mol. The van der Waals surface area contributed by atoms with E-state index in [0.717, 1.165) is 0 Å². The number of hydrogen-bond donors (Lipinski definition) is 0. The lowest BCUT2D eigenvalue weighted by atomic mass is 10.2. The zero-order valence-electron chi connectivity index (χ0n) is 10.6. The second-order valence-electron chi connectivity index (χ2n) is 4.19. The van der Waals surface area contributed by atoms with E-state index in [2.05, 4.69) is 5.16 Å². The molecule has 3 rings (SSSR count). The van der Waals surface area contributed by atoms with Crippen LogP contribution in [0.4, 0.5) is 5.69 Å². The van der Waals surface area contributed by atoms with Gasteiger partial charge in [-0.3, -0.25) is 4.28 Å². The molecule has 1 heterocycles. The maximum Gasteiger partial charge on any atom is 0.346 e. The van der Waals surface area contributed by atoms with Gasteiger partial charge in [-0.2, -0.15) is 4.21 Å². The summed E-state index contributed by atoms with van der Waals surface area (Å²) >= 11 is 22.5. The molecule has 2 aromatic rings. The summed E-state index contributed by atoms with van der Waals surface area (Å²) in [6.07, 6.45) is 0. The van der Waals surface area contributed by atoms with Crippen LogP contribution in [0.15, 0.2) is 41.6 Å². The number of oxime groups is 1. The lowest BCUT2D eigenvalue weighted by Gasteiger charge is -2.18. The van der Waals surface area contributed by atoms with E-state index in [9.17, 15) is 4.21 Å². The van der Waals surface area contributed by atoms with Crippen LogP contribution in [0.3, 0.4) is 0 Å². The van der Waals surface area contributed by atoms with Crippen molar-refractivity contribution in [2.45, 2.75) is 0 Å². The van der Waals surface area contributed by atoms with Gasteiger partial charge in [0, 0.05) is 5.02 Å². The molecule has 0 radical (unpaired) electrons. The molecule has 0 amide bonds. The van der Waals surface area contributed by atoms with Gasteiger partial charge in [0.1, 0.15) is 0 Å². The van der Waals surface area contributed by atoms with Crippen LogP contribution in [-0.4, -0.2) is 10.0 Å². The molecule has 1 atom stereocenters. The molecule has 4 nitrogen and oxygen atoms in total. The van der Waals surface area contributed by atoms with Crippen molar-refractivity contribution in [3.05, 3.63) is 62.1 Å². The first kappa shape index (κ1) is 15.9. The minimum absolute atomic E-state index is 0.207. The average Bonchev–Trinajstić information content (AvgIpc) is 2.81. The average molecular weight is 396 g/mol. The van der Waals surface area contributed by atoms with E-state index in [1.807, 2.05) is 0 Å². The molecule has 0 spiro atoms. The van der Waals surface area contributed by atoms with Crippen LogP contribution < -0.4 is 4.31 Å². The Kier molecular flexibility index (Phi) is 4.52. The van der Waals surface area contributed by atoms with E-state index < -0.39 is 11.3 Å². The fraction of sp³-hybridized carbons (Fsp3) is 0. The van der Waals surface area contributed by atoms with Crippen LogP contribution in [0.5, 0.6) is 0 Å². The standard InChI is InChI=1S/C13H6Cl4N2O2S/c14-7-4-5-11(10(17)6-7)19-13(18-21-22(19)20)12-8(15)2-1-3-9(12)16/h1-6H. The quantitative estimate of drug-likeness (QED) is 0.711. The summed E-state index contributed by atoms with van der Waals surface area (Å²) in [5.41, 5.74) is 0.819. The second-order valence-corrected chi connectivity index (χ2v) is 6.80. The number of hydrogen-bond acceptors (Lipinski definition) is 3. The molecule has 114 valence electrons. The summed E-state index contributed by atoms with van der Waals surface area (Å²) in [7, 11) is 0. The molecule has 1 aliphatic heterocycles. The van der Waals surface area contributed by atoms with E-state index in [1.165, 1.54) is 10.4 Å². The van der Waals surface area contributed by atoms with Crippen molar-refractivity contribution >= 4 is 69.2 Å². The molecule has 0 saturated heterocycles. The maximum absolute atomic E-state index is 12.1.